The Kier molecular flexibility index (Phi) is 6.94. The van der Waals surface area contributed by atoms with Crippen molar-refractivity contribution >= 4 is 11.9 Å². The van der Waals surface area contributed by atoms with Crippen LogP contribution in [0, 0.1) is 0 Å². The molecule has 0 aliphatic heterocycles. The molecule has 2 N–H and O–H groups in total. The van der Waals surface area contributed by atoms with E-state index in [1.54, 1.807) is 0 Å². The molecule has 0 aliphatic carbocycles. The molecule has 0 rings (SSSR count). The van der Waals surface area contributed by atoms with E-state index in [1.807, 2.05) is 0 Å². The number of carboxylic acid groups (broad SMARTS) is 2. The second kappa shape index (κ2) is 5.97. The van der Waals surface area contributed by atoms with Crippen molar-refractivity contribution in [3.8, 4) is 0 Å². The normalized spacial score (nSPS) is 11.0. The third kappa shape index (κ3) is 34.3. The van der Waals surface area contributed by atoms with Crippen LogP contribution in [0.25, 0.3) is 0 Å². The number of aliphatic carboxylic acids is 2. The van der Waals surface area contributed by atoms with Crippen LogP contribution in [0.2, 0.25) is 4.89 Å². The number of carboxylic acids is 2. The molecule has 0 saturated carbocycles. The van der Waals surface area contributed by atoms with Gasteiger partial charge >= 0.3 is 47.5 Å². The summed E-state index contributed by atoms with van der Waals surface area (Å²) in [6.45, 7) is 1.08. The van der Waals surface area contributed by atoms with Gasteiger partial charge in [-0.25, -0.2) is 0 Å². The minimum atomic E-state index is -5.92. The molecule has 12 heavy (non-hydrogen) atoms. The van der Waals surface area contributed by atoms with E-state index in [2.05, 4.69) is 0 Å². The fourth-order valence-electron chi connectivity index (χ4n) is 0.108. The first kappa shape index (κ1) is 13.9. The van der Waals surface area contributed by atoms with Crippen LogP contribution in [0.5, 0.6) is 0 Å². The molecule has 0 aromatic carbocycles. The second-order valence-electron chi connectivity index (χ2n) is 1.41. The fraction of sp³-hybridized carbons (Fsp3) is 0.500. The molecular formula is C4H7F3O4Pd. The Morgan fingerprint density at radius 3 is 1.50 bits per heavy atom. The van der Waals surface area contributed by atoms with Crippen molar-refractivity contribution in [3.63, 3.8) is 0 Å². The molecule has 0 atom stereocenters. The van der Waals surface area contributed by atoms with Crippen molar-refractivity contribution in [2.75, 3.05) is 0 Å². The first-order chi connectivity index (χ1) is 5.15. The molecular weight excluding hydrogens is 275 g/mol. The number of carbonyl (C=O) groups is 2. The van der Waals surface area contributed by atoms with Gasteiger partial charge < -0.3 is 5.11 Å². The Balaban J connectivity index is 0. The Labute approximate surface area is 70.9 Å². The summed E-state index contributed by atoms with van der Waals surface area (Å²) in [4.78, 5) is 16.7. The molecule has 0 amide bonds. The molecule has 0 aliphatic rings. The Morgan fingerprint density at radius 2 is 1.50 bits per heavy atom. The van der Waals surface area contributed by atoms with Crippen molar-refractivity contribution in [2.45, 2.75) is 11.8 Å². The van der Waals surface area contributed by atoms with Gasteiger partial charge in [0.1, 0.15) is 0 Å². The summed E-state index contributed by atoms with van der Waals surface area (Å²) < 4.78 is 33.2. The molecule has 0 unspecified atom stereocenters. The first-order valence-electron chi connectivity index (χ1n) is 2.29. The van der Waals surface area contributed by atoms with Crippen LogP contribution >= 0.6 is 0 Å². The maximum absolute atomic E-state index is 11.1. The summed E-state index contributed by atoms with van der Waals surface area (Å²) in [6, 6.07) is 0. The third-order valence-corrected chi connectivity index (χ3v) is 1.32. The zero-order valence-corrected chi connectivity index (χ0v) is 7.42. The monoisotopic (exact) mass is 282 g/mol. The molecule has 0 saturated heterocycles. The Hall–Kier alpha value is -0.608. The van der Waals surface area contributed by atoms with E-state index in [0.29, 0.717) is 0 Å². The van der Waals surface area contributed by atoms with Gasteiger partial charge in [0.25, 0.3) is 5.97 Å². The number of halogens is 3. The molecule has 8 heteroatoms. The van der Waals surface area contributed by atoms with Crippen molar-refractivity contribution in [1.29, 1.82) is 0 Å². The average Bonchev–Trinajstić information content (AvgIpc) is 1.52. The number of hydrogen-bond donors (Lipinski definition) is 2. The van der Waals surface area contributed by atoms with Gasteiger partial charge in [0.15, 0.2) is 0 Å². The Morgan fingerprint density at radius 1 is 1.25 bits per heavy atom. The molecule has 0 fully saturated rings. The van der Waals surface area contributed by atoms with Crippen molar-refractivity contribution < 1.29 is 46.5 Å². The molecule has 0 aromatic rings. The predicted octanol–water partition coefficient (Wildman–Crippen LogP) is 1.39. The van der Waals surface area contributed by atoms with Crippen molar-refractivity contribution in [3.05, 3.63) is 0 Å². The van der Waals surface area contributed by atoms with Crippen LogP contribution in [0.15, 0.2) is 0 Å². The quantitative estimate of drug-likeness (QED) is 0.751. The van der Waals surface area contributed by atoms with E-state index in [0.717, 1.165) is 6.92 Å². The third-order valence-electron chi connectivity index (χ3n) is 0.222. The van der Waals surface area contributed by atoms with Crippen LogP contribution in [-0.2, 0) is 26.7 Å². The summed E-state index contributed by atoms with van der Waals surface area (Å²) in [5.41, 5.74) is 0. The summed E-state index contributed by atoms with van der Waals surface area (Å²) in [5, 5.41) is 15.0. The van der Waals surface area contributed by atoms with E-state index < -0.39 is 33.9 Å². The van der Waals surface area contributed by atoms with Crippen molar-refractivity contribution in [2.24, 2.45) is 0 Å². The molecule has 0 heterocycles. The van der Waals surface area contributed by atoms with Crippen LogP contribution in [0.3, 0.4) is 0 Å². The maximum atomic E-state index is 11.1. The summed E-state index contributed by atoms with van der Waals surface area (Å²) in [6.07, 6.45) is 0. The van der Waals surface area contributed by atoms with Crippen LogP contribution < -0.4 is 0 Å². The number of hydrogen-bond acceptors (Lipinski definition) is 2. The van der Waals surface area contributed by atoms with Gasteiger partial charge in [0.05, 0.1) is 0 Å². The van der Waals surface area contributed by atoms with E-state index >= 15 is 0 Å². The SMILES string of the molecule is CC(=O)O.O=C(O)[CH2][Pd]([F])([F])[F]. The van der Waals surface area contributed by atoms with Gasteiger partial charge in [-0.3, -0.25) is 4.79 Å². The van der Waals surface area contributed by atoms with Gasteiger partial charge in [-0.05, 0) is 0 Å². The fourth-order valence-corrected chi connectivity index (χ4v) is 0.642. The van der Waals surface area contributed by atoms with Crippen LogP contribution in [-0.4, -0.2) is 22.2 Å². The summed E-state index contributed by atoms with van der Waals surface area (Å²) in [7, 11) is 0. The van der Waals surface area contributed by atoms with E-state index in [9.17, 15) is 14.5 Å². The molecule has 4 nitrogen and oxygen atoms in total. The number of rotatable bonds is 2. The van der Waals surface area contributed by atoms with Crippen LogP contribution in [0.1, 0.15) is 6.92 Å². The topological polar surface area (TPSA) is 74.6 Å². The standard InChI is InChI=1S/C2H4O2.C2H3O2.3FH.Pd/c2*1-2(3)4;;;;/h1H3,(H,3,4);1H2,(H,3,4);3*1H;/q;;;;;+3/p-3. The van der Waals surface area contributed by atoms with Gasteiger partial charge in [-0.2, -0.15) is 0 Å². The first-order valence-corrected chi connectivity index (χ1v) is 5.15. The van der Waals surface area contributed by atoms with E-state index in [1.165, 1.54) is 0 Å². The zero-order chi connectivity index (χ0) is 10.4. The van der Waals surface area contributed by atoms with Gasteiger partial charge in [-0.1, -0.05) is 0 Å². The second-order valence-corrected chi connectivity index (χ2v) is 3.88. The van der Waals surface area contributed by atoms with E-state index in [4.69, 9.17) is 15.0 Å². The predicted molar refractivity (Wildman–Crippen MR) is 29.1 cm³/mol. The van der Waals surface area contributed by atoms with Crippen molar-refractivity contribution in [1.82, 2.24) is 0 Å². The molecule has 0 bridgehead atoms. The van der Waals surface area contributed by atoms with Gasteiger partial charge in [0.2, 0.25) is 0 Å². The Bertz CT molecular complexity index is 162. The summed E-state index contributed by atoms with van der Waals surface area (Å²) in [5.74, 6) is -2.62. The van der Waals surface area contributed by atoms with Gasteiger partial charge in [0, 0.05) is 6.92 Å². The zero-order valence-electron chi connectivity index (χ0n) is 5.87. The molecule has 0 aromatic heterocycles. The molecule has 0 radical (unpaired) electrons. The molecule has 78 valence electrons. The summed E-state index contributed by atoms with van der Waals surface area (Å²) >= 11 is -5.92. The van der Waals surface area contributed by atoms with E-state index in [-0.39, 0.29) is 0 Å². The average molecular weight is 283 g/mol. The molecule has 0 spiro atoms. The van der Waals surface area contributed by atoms with Gasteiger partial charge in [-0.15, -0.1) is 0 Å². The minimum absolute atomic E-state index is 0.833. The van der Waals surface area contributed by atoms with Crippen LogP contribution in [0.4, 0.5) is 9.67 Å².